The Morgan fingerprint density at radius 1 is 1.10 bits per heavy atom. The van der Waals surface area contributed by atoms with Crippen LogP contribution in [0.5, 0.6) is 0 Å². The second kappa shape index (κ2) is 4.69. The minimum Gasteiger partial charge on any atom is -0.322 e. The van der Waals surface area contributed by atoms with E-state index in [0.717, 1.165) is 15.4 Å². The summed E-state index contributed by atoms with van der Waals surface area (Å²) < 4.78 is 24.5. The second-order valence-corrected chi connectivity index (χ2v) is 9.49. The summed E-state index contributed by atoms with van der Waals surface area (Å²) >= 11 is 6.99. The number of anilines is 1. The van der Waals surface area contributed by atoms with Crippen molar-refractivity contribution >= 4 is 54.6 Å². The topological polar surface area (TPSA) is 37.4 Å². The number of thiocarbonyl (C=S) groups is 1. The lowest BCUT2D eigenvalue weighted by Gasteiger charge is -2.24. The van der Waals surface area contributed by atoms with Gasteiger partial charge in [-0.25, -0.2) is 8.42 Å². The monoisotopic (exact) mass is 335 g/mol. The zero-order valence-electron chi connectivity index (χ0n) is 11.1. The van der Waals surface area contributed by atoms with E-state index < -0.39 is 9.84 Å². The van der Waals surface area contributed by atoms with E-state index in [1.54, 1.807) is 0 Å². The molecule has 2 aromatic rings. The molecule has 108 valence electrons. The van der Waals surface area contributed by atoms with Gasteiger partial charge < -0.3 is 4.90 Å². The van der Waals surface area contributed by atoms with Gasteiger partial charge in [0.05, 0.1) is 17.5 Å². The van der Waals surface area contributed by atoms with E-state index in [2.05, 4.69) is 24.3 Å². The van der Waals surface area contributed by atoms with Crippen LogP contribution in [0.3, 0.4) is 0 Å². The summed E-state index contributed by atoms with van der Waals surface area (Å²) in [7, 11) is -2.93. The van der Waals surface area contributed by atoms with Gasteiger partial charge in [0.2, 0.25) is 0 Å². The molecular formula is C15H13NO2S3. The van der Waals surface area contributed by atoms with E-state index in [0.29, 0.717) is 0 Å². The number of thioether (sulfide) groups is 1. The molecule has 0 bridgehead atoms. The van der Waals surface area contributed by atoms with Crippen LogP contribution in [0.1, 0.15) is 0 Å². The number of hydrogen-bond acceptors (Lipinski definition) is 4. The largest absolute Gasteiger partial charge is 0.322 e. The van der Waals surface area contributed by atoms with Gasteiger partial charge in [0.25, 0.3) is 0 Å². The number of nitrogens with zero attached hydrogens (tertiary/aromatic N) is 1. The van der Waals surface area contributed by atoms with Gasteiger partial charge in [-0.2, -0.15) is 0 Å². The Labute approximate surface area is 133 Å². The molecular weight excluding hydrogens is 322 g/mol. The lowest BCUT2D eigenvalue weighted by Crippen LogP contribution is -2.36. The van der Waals surface area contributed by atoms with Crippen molar-refractivity contribution in [3.63, 3.8) is 0 Å². The van der Waals surface area contributed by atoms with Crippen molar-refractivity contribution in [1.29, 1.82) is 0 Å². The average molecular weight is 335 g/mol. The van der Waals surface area contributed by atoms with Gasteiger partial charge in [-0.05, 0) is 22.9 Å². The number of benzene rings is 2. The predicted octanol–water partition coefficient (Wildman–Crippen LogP) is 2.84. The molecule has 2 fully saturated rings. The van der Waals surface area contributed by atoms with E-state index in [1.165, 1.54) is 17.1 Å². The van der Waals surface area contributed by atoms with Gasteiger partial charge in [0, 0.05) is 10.9 Å². The maximum atomic E-state index is 11.9. The molecule has 2 saturated heterocycles. The normalized spacial score (nSPS) is 27.2. The fourth-order valence-electron chi connectivity index (χ4n) is 3.10. The Balaban J connectivity index is 1.78. The van der Waals surface area contributed by atoms with Gasteiger partial charge >= 0.3 is 0 Å². The van der Waals surface area contributed by atoms with E-state index in [9.17, 15) is 8.42 Å². The van der Waals surface area contributed by atoms with Crippen LogP contribution in [0, 0.1) is 0 Å². The first-order valence-corrected chi connectivity index (χ1v) is 9.83. The summed E-state index contributed by atoms with van der Waals surface area (Å²) in [4.78, 5) is 2.03. The molecule has 0 N–H and O–H groups in total. The van der Waals surface area contributed by atoms with E-state index in [1.807, 2.05) is 23.1 Å². The molecule has 6 heteroatoms. The summed E-state index contributed by atoms with van der Waals surface area (Å²) in [5.74, 6) is 0.449. The van der Waals surface area contributed by atoms with E-state index >= 15 is 0 Å². The molecule has 0 saturated carbocycles. The highest BCUT2D eigenvalue weighted by molar-refractivity contribution is 8.24. The summed E-state index contributed by atoms with van der Waals surface area (Å²) in [6.45, 7) is 0. The highest BCUT2D eigenvalue weighted by Gasteiger charge is 2.48. The summed E-state index contributed by atoms with van der Waals surface area (Å²) in [6.07, 6.45) is 0. The number of sulfone groups is 1. The molecule has 0 aromatic heterocycles. The van der Waals surface area contributed by atoms with Crippen LogP contribution in [0.15, 0.2) is 42.5 Å². The van der Waals surface area contributed by atoms with Crippen molar-refractivity contribution < 1.29 is 8.42 Å². The Bertz CT molecular complexity index is 847. The van der Waals surface area contributed by atoms with Gasteiger partial charge in [0.1, 0.15) is 4.32 Å². The van der Waals surface area contributed by atoms with Crippen molar-refractivity contribution in [1.82, 2.24) is 0 Å². The zero-order valence-corrected chi connectivity index (χ0v) is 13.5. The Morgan fingerprint density at radius 3 is 2.67 bits per heavy atom. The van der Waals surface area contributed by atoms with Crippen LogP contribution in [0.25, 0.3) is 10.8 Å². The molecule has 0 aliphatic carbocycles. The lowest BCUT2D eigenvalue weighted by molar-refractivity contribution is 0.601. The zero-order chi connectivity index (χ0) is 14.6. The Morgan fingerprint density at radius 2 is 1.86 bits per heavy atom. The molecule has 3 nitrogen and oxygen atoms in total. The Hall–Kier alpha value is -1.11. The summed E-state index contributed by atoms with van der Waals surface area (Å²) in [5.41, 5.74) is 0.996. The van der Waals surface area contributed by atoms with Crippen LogP contribution in [0.2, 0.25) is 0 Å². The first-order chi connectivity index (χ1) is 10.0. The van der Waals surface area contributed by atoms with E-state index in [-0.39, 0.29) is 22.8 Å². The summed E-state index contributed by atoms with van der Waals surface area (Å²) in [5, 5.41) is 2.40. The highest BCUT2D eigenvalue weighted by Crippen LogP contribution is 2.41. The van der Waals surface area contributed by atoms with E-state index in [4.69, 9.17) is 12.2 Å². The van der Waals surface area contributed by atoms with Gasteiger partial charge in [0.15, 0.2) is 9.84 Å². The fourth-order valence-corrected chi connectivity index (χ4v) is 7.47. The molecule has 2 aliphatic rings. The number of hydrogen-bond donors (Lipinski definition) is 0. The molecule has 2 heterocycles. The second-order valence-electron chi connectivity index (χ2n) is 5.47. The van der Waals surface area contributed by atoms with Crippen LogP contribution >= 0.6 is 24.0 Å². The number of fused-ring (bicyclic) bond motifs is 2. The third kappa shape index (κ3) is 2.25. The fraction of sp³-hybridized carbons (Fsp3) is 0.267. The molecule has 4 rings (SSSR count). The van der Waals surface area contributed by atoms with Crippen LogP contribution < -0.4 is 4.90 Å². The van der Waals surface area contributed by atoms with Crippen LogP contribution in [-0.2, 0) is 9.84 Å². The molecule has 0 radical (unpaired) electrons. The molecule has 0 unspecified atom stereocenters. The molecule has 2 atom stereocenters. The smallest absolute Gasteiger partial charge is 0.153 e. The van der Waals surface area contributed by atoms with Gasteiger partial charge in [-0.1, -0.05) is 54.3 Å². The van der Waals surface area contributed by atoms with Crippen LogP contribution in [-0.4, -0.2) is 35.5 Å². The average Bonchev–Trinajstić information content (AvgIpc) is 2.88. The molecule has 0 spiro atoms. The van der Waals surface area contributed by atoms with Crippen molar-refractivity contribution in [2.75, 3.05) is 16.4 Å². The minimum absolute atomic E-state index is 0.0198. The predicted molar refractivity (Wildman–Crippen MR) is 92.8 cm³/mol. The van der Waals surface area contributed by atoms with Gasteiger partial charge in [-0.15, -0.1) is 0 Å². The molecule has 21 heavy (non-hydrogen) atoms. The number of rotatable bonds is 1. The van der Waals surface area contributed by atoms with Crippen molar-refractivity contribution in [3.8, 4) is 0 Å². The SMILES string of the molecule is O=S1(=O)C[C@@H]2SC(=S)N(c3ccc4ccccc4c3)[C@@H]2C1. The first kappa shape index (κ1) is 13.5. The lowest BCUT2D eigenvalue weighted by atomic mass is 10.1. The summed E-state index contributed by atoms with van der Waals surface area (Å²) in [6, 6.07) is 14.3. The van der Waals surface area contributed by atoms with Crippen molar-refractivity contribution in [2.45, 2.75) is 11.3 Å². The minimum atomic E-state index is -2.93. The van der Waals surface area contributed by atoms with Crippen LogP contribution in [0.4, 0.5) is 5.69 Å². The standard InChI is InChI=1S/C15H13NO2S3/c17-21(18)8-13-14(9-21)20-15(19)16(13)12-6-5-10-3-1-2-4-11(10)7-12/h1-7,13-14H,8-9H2/t13-,14+/m1/s1. The third-order valence-electron chi connectivity index (χ3n) is 4.06. The maximum absolute atomic E-state index is 11.9. The Kier molecular flexibility index (Phi) is 3.03. The quantitative estimate of drug-likeness (QED) is 0.749. The molecule has 0 amide bonds. The van der Waals surface area contributed by atoms with Crippen molar-refractivity contribution in [2.24, 2.45) is 0 Å². The maximum Gasteiger partial charge on any atom is 0.153 e. The molecule has 2 aliphatic heterocycles. The molecule has 2 aromatic carbocycles. The third-order valence-corrected chi connectivity index (χ3v) is 7.66. The van der Waals surface area contributed by atoms with Crippen molar-refractivity contribution in [3.05, 3.63) is 42.5 Å². The highest BCUT2D eigenvalue weighted by atomic mass is 32.2. The van der Waals surface area contributed by atoms with Gasteiger partial charge in [-0.3, -0.25) is 0 Å². The first-order valence-electron chi connectivity index (χ1n) is 6.73.